The van der Waals surface area contributed by atoms with Crippen molar-refractivity contribution in [1.82, 2.24) is 9.29 Å². The molecule has 3 aromatic rings. The van der Waals surface area contributed by atoms with Crippen LogP contribution in [0, 0.1) is 20.8 Å². The number of carbonyl (C=O) groups excluding carboxylic acids is 1. The monoisotopic (exact) mass is 489 g/mol. The van der Waals surface area contributed by atoms with Gasteiger partial charge in [-0.1, -0.05) is 29.3 Å². The Labute approximate surface area is 197 Å². The highest BCUT2D eigenvalue weighted by Crippen LogP contribution is 2.32. The van der Waals surface area contributed by atoms with Crippen LogP contribution in [0.2, 0.25) is 5.02 Å². The van der Waals surface area contributed by atoms with Crippen LogP contribution in [0.15, 0.2) is 40.6 Å². The lowest BCUT2D eigenvalue weighted by Crippen LogP contribution is -2.28. The number of halogens is 1. The first kappa shape index (κ1) is 22.9. The van der Waals surface area contributed by atoms with E-state index in [1.165, 1.54) is 39.4 Å². The highest BCUT2D eigenvalue weighted by atomic mass is 35.5. The molecule has 1 fully saturated rings. The van der Waals surface area contributed by atoms with Crippen LogP contribution in [0.1, 0.15) is 39.9 Å². The van der Waals surface area contributed by atoms with E-state index in [0.29, 0.717) is 18.2 Å². The number of sulfonamides is 1. The number of amides is 1. The largest absolute Gasteiger partial charge is 0.298 e. The first-order chi connectivity index (χ1) is 15.2. The van der Waals surface area contributed by atoms with Crippen LogP contribution in [0.4, 0.5) is 5.13 Å². The van der Waals surface area contributed by atoms with Gasteiger partial charge in [0.25, 0.3) is 5.91 Å². The van der Waals surface area contributed by atoms with Gasteiger partial charge in [-0.25, -0.2) is 13.4 Å². The van der Waals surface area contributed by atoms with E-state index >= 15 is 0 Å². The van der Waals surface area contributed by atoms with Gasteiger partial charge in [0.2, 0.25) is 10.0 Å². The number of rotatable bonds is 5. The number of thiazole rings is 1. The number of anilines is 1. The van der Waals surface area contributed by atoms with Crippen LogP contribution in [0.25, 0.3) is 11.3 Å². The lowest BCUT2D eigenvalue weighted by atomic mass is 9.98. The maximum Gasteiger partial charge on any atom is 0.259 e. The molecule has 0 unspecified atom stereocenters. The standard InChI is InChI=1S/C23H24ClN3O3S2/c1-14-10-15(2)21(16(3)11-14)20-13-31-23(25-20)26-22(28)18-12-17(6-7-19(18)24)32(29,30)27-8-4-5-9-27/h6-7,10-13H,4-5,8-9H2,1-3H3,(H,25,26,28). The van der Waals surface area contributed by atoms with Crippen molar-refractivity contribution >= 4 is 44.0 Å². The molecule has 1 aromatic heterocycles. The molecule has 1 aliphatic heterocycles. The van der Waals surface area contributed by atoms with E-state index in [-0.39, 0.29) is 15.5 Å². The molecule has 0 bridgehead atoms. The predicted octanol–water partition coefficient (Wildman–Crippen LogP) is 5.43. The molecular formula is C23H24ClN3O3S2. The minimum Gasteiger partial charge on any atom is -0.298 e. The van der Waals surface area contributed by atoms with Gasteiger partial charge in [0.1, 0.15) is 0 Å². The van der Waals surface area contributed by atoms with Crippen molar-refractivity contribution < 1.29 is 13.2 Å². The summed E-state index contributed by atoms with van der Waals surface area (Å²) in [6, 6.07) is 8.44. The van der Waals surface area contributed by atoms with Crippen molar-refractivity contribution in [3.63, 3.8) is 0 Å². The Morgan fingerprint density at radius 1 is 1.09 bits per heavy atom. The van der Waals surface area contributed by atoms with Crippen molar-refractivity contribution in [1.29, 1.82) is 0 Å². The van der Waals surface area contributed by atoms with Gasteiger partial charge in [0, 0.05) is 24.0 Å². The molecule has 1 amide bonds. The number of aromatic nitrogens is 1. The van der Waals surface area contributed by atoms with Crippen molar-refractivity contribution in [3.05, 3.63) is 63.0 Å². The van der Waals surface area contributed by atoms with Crippen LogP contribution in [-0.4, -0.2) is 36.7 Å². The van der Waals surface area contributed by atoms with E-state index in [1.54, 1.807) is 0 Å². The molecule has 0 aliphatic carbocycles. The molecule has 1 aliphatic rings. The molecule has 6 nitrogen and oxygen atoms in total. The molecule has 1 N–H and O–H groups in total. The molecule has 9 heteroatoms. The molecule has 1 saturated heterocycles. The van der Waals surface area contributed by atoms with Crippen LogP contribution >= 0.6 is 22.9 Å². The maximum absolute atomic E-state index is 12.9. The van der Waals surface area contributed by atoms with Crippen molar-refractivity contribution in [2.45, 2.75) is 38.5 Å². The Kier molecular flexibility index (Phi) is 6.40. The minimum absolute atomic E-state index is 0.0692. The van der Waals surface area contributed by atoms with E-state index in [2.05, 4.69) is 29.4 Å². The van der Waals surface area contributed by atoms with Gasteiger partial charge < -0.3 is 0 Å². The van der Waals surface area contributed by atoms with Gasteiger partial charge in [-0.05, 0) is 62.9 Å². The topological polar surface area (TPSA) is 79.4 Å². The Bertz CT molecular complexity index is 1270. The molecule has 0 saturated carbocycles. The van der Waals surface area contributed by atoms with E-state index in [1.807, 2.05) is 19.2 Å². The SMILES string of the molecule is Cc1cc(C)c(-c2csc(NC(=O)c3cc(S(=O)(=O)N4CCCC4)ccc3Cl)n2)c(C)c1. The average Bonchev–Trinajstić information content (AvgIpc) is 3.40. The Morgan fingerprint density at radius 3 is 2.41 bits per heavy atom. The summed E-state index contributed by atoms with van der Waals surface area (Å²) in [6.07, 6.45) is 1.68. The second kappa shape index (κ2) is 8.94. The van der Waals surface area contributed by atoms with Crippen molar-refractivity contribution in [2.24, 2.45) is 0 Å². The van der Waals surface area contributed by atoms with Crippen LogP contribution < -0.4 is 5.32 Å². The summed E-state index contributed by atoms with van der Waals surface area (Å²) in [5, 5.41) is 5.27. The quantitative estimate of drug-likeness (QED) is 0.518. The summed E-state index contributed by atoms with van der Waals surface area (Å²) in [4.78, 5) is 17.6. The normalized spacial score (nSPS) is 14.6. The Balaban J connectivity index is 1.59. The van der Waals surface area contributed by atoms with E-state index in [0.717, 1.165) is 35.2 Å². The lowest BCUT2D eigenvalue weighted by molar-refractivity contribution is 0.102. The van der Waals surface area contributed by atoms with Crippen LogP contribution in [0.5, 0.6) is 0 Å². The smallest absolute Gasteiger partial charge is 0.259 e. The molecule has 0 radical (unpaired) electrons. The minimum atomic E-state index is -3.65. The van der Waals surface area contributed by atoms with Gasteiger partial charge in [0.15, 0.2) is 5.13 Å². The fraction of sp³-hybridized carbons (Fsp3) is 0.304. The van der Waals surface area contributed by atoms with Gasteiger partial charge in [0.05, 0.1) is 21.2 Å². The summed E-state index contributed by atoms with van der Waals surface area (Å²) in [5.74, 6) is -0.494. The number of hydrogen-bond acceptors (Lipinski definition) is 5. The van der Waals surface area contributed by atoms with Crippen LogP contribution in [0.3, 0.4) is 0 Å². The second-order valence-electron chi connectivity index (χ2n) is 8.02. The number of hydrogen-bond donors (Lipinski definition) is 1. The van der Waals surface area contributed by atoms with Gasteiger partial charge in [-0.3, -0.25) is 10.1 Å². The van der Waals surface area contributed by atoms with Crippen molar-refractivity contribution in [2.75, 3.05) is 18.4 Å². The summed E-state index contributed by atoms with van der Waals surface area (Å²) >= 11 is 7.55. The molecule has 0 spiro atoms. The van der Waals surface area contributed by atoms with Gasteiger partial charge >= 0.3 is 0 Å². The molecule has 2 heterocycles. The molecular weight excluding hydrogens is 466 g/mol. The Hall–Kier alpha value is -2.26. The van der Waals surface area contributed by atoms with Gasteiger partial charge in [-0.15, -0.1) is 11.3 Å². The second-order valence-corrected chi connectivity index (χ2v) is 11.2. The van der Waals surface area contributed by atoms with E-state index < -0.39 is 15.9 Å². The number of carbonyl (C=O) groups is 1. The average molecular weight is 490 g/mol. The molecule has 0 atom stereocenters. The van der Waals surface area contributed by atoms with E-state index in [4.69, 9.17) is 11.6 Å². The maximum atomic E-state index is 12.9. The number of aryl methyl sites for hydroxylation is 3. The van der Waals surface area contributed by atoms with Gasteiger partial charge in [-0.2, -0.15) is 4.31 Å². The fourth-order valence-corrected chi connectivity index (χ4v) is 6.55. The summed E-state index contributed by atoms with van der Waals surface area (Å²) < 4.78 is 27.2. The third-order valence-corrected chi connectivity index (χ3v) is 8.53. The summed E-state index contributed by atoms with van der Waals surface area (Å²) in [7, 11) is -3.65. The van der Waals surface area contributed by atoms with Crippen molar-refractivity contribution in [3.8, 4) is 11.3 Å². The number of benzene rings is 2. The van der Waals surface area contributed by atoms with Crippen LogP contribution in [-0.2, 0) is 10.0 Å². The zero-order valence-corrected chi connectivity index (χ0v) is 20.5. The third-order valence-electron chi connectivity index (χ3n) is 5.54. The molecule has 4 rings (SSSR count). The summed E-state index contributed by atoms with van der Waals surface area (Å²) in [6.45, 7) is 7.12. The first-order valence-electron chi connectivity index (χ1n) is 10.3. The highest BCUT2D eigenvalue weighted by molar-refractivity contribution is 7.89. The highest BCUT2D eigenvalue weighted by Gasteiger charge is 2.28. The molecule has 168 valence electrons. The molecule has 32 heavy (non-hydrogen) atoms. The fourth-order valence-electron chi connectivity index (χ4n) is 4.11. The zero-order chi connectivity index (χ0) is 23.0. The first-order valence-corrected chi connectivity index (χ1v) is 13.0. The third kappa shape index (κ3) is 4.45. The molecule has 2 aromatic carbocycles. The number of nitrogens with zero attached hydrogens (tertiary/aromatic N) is 2. The predicted molar refractivity (Wildman–Crippen MR) is 129 cm³/mol. The lowest BCUT2D eigenvalue weighted by Gasteiger charge is -2.16. The number of nitrogens with one attached hydrogen (secondary N) is 1. The Morgan fingerprint density at radius 2 is 1.75 bits per heavy atom. The summed E-state index contributed by atoms with van der Waals surface area (Å²) in [5.41, 5.74) is 5.36. The zero-order valence-electron chi connectivity index (χ0n) is 18.1. The van der Waals surface area contributed by atoms with E-state index in [9.17, 15) is 13.2 Å².